The second-order valence-electron chi connectivity index (χ2n) is 6.78. The Balaban J connectivity index is 1.67. The fourth-order valence-electron chi connectivity index (χ4n) is 2.90. The van der Waals surface area contributed by atoms with Crippen molar-refractivity contribution in [3.8, 4) is 0 Å². The smallest absolute Gasteiger partial charge is 0.225 e. The van der Waals surface area contributed by atoms with Crippen LogP contribution in [0.3, 0.4) is 0 Å². The highest BCUT2D eigenvalue weighted by atomic mass is 16.7. The molecule has 0 bridgehead atoms. The van der Waals surface area contributed by atoms with Crippen LogP contribution in [0.1, 0.15) is 26.2 Å². The van der Waals surface area contributed by atoms with E-state index in [0.717, 1.165) is 19.3 Å². The minimum Gasteiger partial charge on any atom is -0.394 e. The van der Waals surface area contributed by atoms with Crippen molar-refractivity contribution in [3.05, 3.63) is 23.8 Å². The third-order valence-electron chi connectivity index (χ3n) is 4.63. The van der Waals surface area contributed by atoms with E-state index < -0.39 is 43.2 Å². The number of hydrogen-bond donors (Lipinski definition) is 5. The molecule has 26 heavy (non-hydrogen) atoms. The predicted octanol–water partition coefficient (Wildman–Crippen LogP) is -0.778. The lowest BCUT2D eigenvalue weighted by atomic mass is 9.99. The van der Waals surface area contributed by atoms with Crippen LogP contribution in [-0.2, 0) is 14.3 Å². The molecule has 1 saturated heterocycles. The molecule has 148 valence electrons. The fraction of sp³-hybridized carbons (Fsp3) is 0.722. The molecule has 2 aliphatic rings. The van der Waals surface area contributed by atoms with E-state index in [1.54, 1.807) is 6.92 Å². The normalized spacial score (nSPS) is 32.3. The van der Waals surface area contributed by atoms with E-state index in [1.165, 1.54) is 5.57 Å². The maximum absolute atomic E-state index is 12.1. The maximum Gasteiger partial charge on any atom is 0.225 e. The van der Waals surface area contributed by atoms with Gasteiger partial charge in [-0.25, -0.2) is 0 Å². The van der Waals surface area contributed by atoms with Gasteiger partial charge in [-0.3, -0.25) is 4.79 Å². The van der Waals surface area contributed by atoms with Crippen LogP contribution in [0.5, 0.6) is 0 Å². The van der Waals surface area contributed by atoms with Gasteiger partial charge >= 0.3 is 0 Å². The van der Waals surface area contributed by atoms with E-state index >= 15 is 0 Å². The van der Waals surface area contributed by atoms with Gasteiger partial charge < -0.3 is 35.2 Å². The molecule has 8 heteroatoms. The predicted molar refractivity (Wildman–Crippen MR) is 93.0 cm³/mol. The van der Waals surface area contributed by atoms with E-state index in [-0.39, 0.29) is 12.5 Å². The minimum atomic E-state index is -1.49. The van der Waals surface area contributed by atoms with E-state index in [1.807, 2.05) is 6.08 Å². The summed E-state index contributed by atoms with van der Waals surface area (Å²) >= 11 is 0. The van der Waals surface area contributed by atoms with Crippen LogP contribution in [0.4, 0.5) is 0 Å². The number of aliphatic hydroxyl groups excluding tert-OH is 4. The third-order valence-corrected chi connectivity index (χ3v) is 4.63. The lowest BCUT2D eigenvalue weighted by Crippen LogP contribution is -2.59. The molecule has 2 rings (SSSR count). The van der Waals surface area contributed by atoms with Gasteiger partial charge in [-0.1, -0.05) is 30.7 Å². The molecule has 0 saturated carbocycles. The molecule has 0 aromatic carbocycles. The highest BCUT2D eigenvalue weighted by Crippen LogP contribution is 2.22. The Morgan fingerprint density at radius 2 is 2.12 bits per heavy atom. The van der Waals surface area contributed by atoms with Crippen LogP contribution >= 0.6 is 0 Å². The summed E-state index contributed by atoms with van der Waals surface area (Å²) in [6.45, 7) is 1.71. The average molecular weight is 371 g/mol. The first-order chi connectivity index (χ1) is 12.4. The number of aliphatic hydroxyl groups is 4. The lowest BCUT2D eigenvalue weighted by Gasteiger charge is -2.39. The molecule has 0 aromatic rings. The first kappa shape index (κ1) is 21.0. The Morgan fingerprint density at radius 1 is 1.35 bits per heavy atom. The van der Waals surface area contributed by atoms with Gasteiger partial charge in [-0.15, -0.1) is 0 Å². The minimum absolute atomic E-state index is 0.0242. The largest absolute Gasteiger partial charge is 0.394 e. The fourth-order valence-corrected chi connectivity index (χ4v) is 2.90. The topological polar surface area (TPSA) is 128 Å². The molecular formula is C18H29NO7. The van der Waals surface area contributed by atoms with Crippen molar-refractivity contribution in [2.24, 2.45) is 5.92 Å². The van der Waals surface area contributed by atoms with Crippen LogP contribution in [0.25, 0.3) is 0 Å². The van der Waals surface area contributed by atoms with Crippen LogP contribution in [0.2, 0.25) is 0 Å². The Hall–Kier alpha value is -1.29. The van der Waals surface area contributed by atoms with Gasteiger partial charge in [0.1, 0.15) is 24.4 Å². The number of amides is 1. The Bertz CT molecular complexity index is 520. The van der Waals surface area contributed by atoms with Crippen molar-refractivity contribution in [1.82, 2.24) is 5.32 Å². The van der Waals surface area contributed by atoms with Gasteiger partial charge in [0.25, 0.3) is 0 Å². The number of hydrogen-bond acceptors (Lipinski definition) is 7. The van der Waals surface area contributed by atoms with Gasteiger partial charge in [0.05, 0.1) is 19.1 Å². The summed E-state index contributed by atoms with van der Waals surface area (Å²) in [6.07, 6.45) is 2.40. The molecule has 8 nitrogen and oxygen atoms in total. The second kappa shape index (κ2) is 10.1. The summed E-state index contributed by atoms with van der Waals surface area (Å²) in [6, 6.07) is 0. The van der Waals surface area contributed by atoms with Gasteiger partial charge in [0.15, 0.2) is 6.29 Å². The first-order valence-electron chi connectivity index (χ1n) is 8.98. The van der Waals surface area contributed by atoms with Gasteiger partial charge in [0.2, 0.25) is 5.91 Å². The molecule has 0 spiro atoms. The molecule has 1 unspecified atom stereocenters. The summed E-state index contributed by atoms with van der Waals surface area (Å²) in [4.78, 5) is 12.1. The summed E-state index contributed by atoms with van der Waals surface area (Å²) < 4.78 is 10.6. The molecule has 1 aliphatic carbocycles. The van der Waals surface area contributed by atoms with E-state index in [9.17, 15) is 20.1 Å². The van der Waals surface area contributed by atoms with Crippen LogP contribution in [0.15, 0.2) is 23.8 Å². The highest BCUT2D eigenvalue weighted by Gasteiger charge is 2.44. The highest BCUT2D eigenvalue weighted by molar-refractivity contribution is 5.78. The van der Waals surface area contributed by atoms with Gasteiger partial charge in [-0.2, -0.15) is 0 Å². The Labute approximate surface area is 153 Å². The van der Waals surface area contributed by atoms with Crippen molar-refractivity contribution in [2.45, 2.75) is 56.9 Å². The number of allylic oxidation sites excluding steroid dienone is 4. The van der Waals surface area contributed by atoms with Gasteiger partial charge in [0, 0.05) is 6.54 Å². The number of ether oxygens (including phenoxy) is 2. The maximum atomic E-state index is 12.1. The van der Waals surface area contributed by atoms with Crippen molar-refractivity contribution in [3.63, 3.8) is 0 Å². The number of nitrogens with one attached hydrogen (secondary N) is 1. The van der Waals surface area contributed by atoms with Gasteiger partial charge in [-0.05, 0) is 19.3 Å². The number of rotatable bonds is 9. The third kappa shape index (κ3) is 5.60. The van der Waals surface area contributed by atoms with Crippen molar-refractivity contribution >= 4 is 5.91 Å². The summed E-state index contributed by atoms with van der Waals surface area (Å²) in [5.74, 6) is -0.650. The molecule has 1 fully saturated rings. The average Bonchev–Trinajstić information content (AvgIpc) is 3.15. The molecule has 6 atom stereocenters. The van der Waals surface area contributed by atoms with Crippen molar-refractivity contribution < 1.29 is 34.7 Å². The standard InChI is InChI=1S/C18H29NO7/c1-11(17(24)19-8-4-7-12-5-2-3-6-12)10-25-18-16(23)15(22)14(21)13(9-20)26-18/h2-3,5,11,13-16,18,20-23H,4,6-10H2,1H3,(H,19,24)/t11-,13-,14-,15+,16+,18?/m1/s1. The first-order valence-corrected chi connectivity index (χ1v) is 8.98. The summed E-state index contributed by atoms with van der Waals surface area (Å²) in [5.41, 5.74) is 1.36. The summed E-state index contributed by atoms with van der Waals surface area (Å²) in [5, 5.41) is 41.3. The van der Waals surface area contributed by atoms with Crippen molar-refractivity contribution in [1.29, 1.82) is 0 Å². The number of carbonyl (C=O) groups excluding carboxylic acids is 1. The zero-order valence-electron chi connectivity index (χ0n) is 15.0. The molecule has 1 aliphatic heterocycles. The zero-order chi connectivity index (χ0) is 19.1. The van der Waals surface area contributed by atoms with E-state index in [0.29, 0.717) is 6.54 Å². The SMILES string of the molecule is C[C@H](COC1O[C@H](CO)[C@@H](O)[C@H](O)[C@@H]1O)C(=O)NCCCC1=CC=CC1. The molecular weight excluding hydrogens is 342 g/mol. The van der Waals surface area contributed by atoms with Crippen LogP contribution in [0, 0.1) is 5.92 Å². The molecule has 0 aromatic heterocycles. The van der Waals surface area contributed by atoms with Crippen LogP contribution in [-0.4, -0.2) is 76.8 Å². The zero-order valence-corrected chi connectivity index (χ0v) is 15.0. The monoisotopic (exact) mass is 371 g/mol. The molecule has 1 amide bonds. The molecule has 0 radical (unpaired) electrons. The van der Waals surface area contributed by atoms with Crippen LogP contribution < -0.4 is 5.32 Å². The molecule has 1 heterocycles. The van der Waals surface area contributed by atoms with E-state index in [4.69, 9.17) is 14.6 Å². The molecule has 5 N–H and O–H groups in total. The lowest BCUT2D eigenvalue weighted by molar-refractivity contribution is -0.302. The van der Waals surface area contributed by atoms with E-state index in [2.05, 4.69) is 17.5 Å². The summed E-state index contributed by atoms with van der Waals surface area (Å²) in [7, 11) is 0. The Morgan fingerprint density at radius 3 is 2.77 bits per heavy atom. The van der Waals surface area contributed by atoms with Crippen molar-refractivity contribution in [2.75, 3.05) is 19.8 Å². The Kier molecular flexibility index (Phi) is 8.20. The number of carbonyl (C=O) groups is 1. The quantitative estimate of drug-likeness (QED) is 0.336. The second-order valence-corrected chi connectivity index (χ2v) is 6.78.